The van der Waals surface area contributed by atoms with Gasteiger partial charge in [0.25, 0.3) is 5.91 Å². The fourth-order valence-electron chi connectivity index (χ4n) is 5.22. The van der Waals surface area contributed by atoms with Crippen LogP contribution in [0.3, 0.4) is 0 Å². The summed E-state index contributed by atoms with van der Waals surface area (Å²) in [5, 5.41) is 14.9. The highest BCUT2D eigenvalue weighted by molar-refractivity contribution is 6.05. The molecule has 0 aromatic heterocycles. The lowest BCUT2D eigenvalue weighted by molar-refractivity contribution is -0.136. The van der Waals surface area contributed by atoms with Crippen molar-refractivity contribution in [3.05, 3.63) is 59.2 Å². The van der Waals surface area contributed by atoms with Crippen molar-refractivity contribution in [2.45, 2.75) is 31.3 Å². The second-order valence-electron chi connectivity index (χ2n) is 9.56. The normalized spacial score (nSPS) is 22.7. The van der Waals surface area contributed by atoms with Gasteiger partial charge in [0.1, 0.15) is 30.8 Å². The molecule has 3 atom stereocenters. The Morgan fingerprint density at radius 2 is 1.82 bits per heavy atom. The van der Waals surface area contributed by atoms with Gasteiger partial charge in [0.05, 0.1) is 31.7 Å². The van der Waals surface area contributed by atoms with Crippen LogP contribution in [0, 0.1) is 17.2 Å². The third kappa shape index (κ3) is 5.49. The molecule has 0 saturated carbocycles. The summed E-state index contributed by atoms with van der Waals surface area (Å²) in [5.41, 5.74) is 2.35. The fraction of sp³-hybridized carbons (Fsp3) is 0.429. The summed E-state index contributed by atoms with van der Waals surface area (Å²) in [6.45, 7) is 3.16. The van der Waals surface area contributed by atoms with E-state index in [1.807, 2.05) is 24.3 Å². The maximum Gasteiger partial charge on any atom is 0.255 e. The molecule has 3 aliphatic rings. The number of benzene rings is 2. The summed E-state index contributed by atoms with van der Waals surface area (Å²) in [6, 6.07) is 14.8. The van der Waals surface area contributed by atoms with E-state index in [-0.39, 0.29) is 36.6 Å². The Hall–Kier alpha value is -3.94. The first-order valence-corrected chi connectivity index (χ1v) is 12.9. The number of nitrogens with zero attached hydrogens (tertiary/aromatic N) is 2. The van der Waals surface area contributed by atoms with Crippen LogP contribution in [-0.4, -0.2) is 68.2 Å². The third-order valence-corrected chi connectivity index (χ3v) is 7.19. The van der Waals surface area contributed by atoms with Crippen molar-refractivity contribution in [2.75, 3.05) is 39.5 Å². The highest BCUT2D eigenvalue weighted by Gasteiger charge is 2.40. The van der Waals surface area contributed by atoms with Gasteiger partial charge in [0.2, 0.25) is 11.8 Å². The van der Waals surface area contributed by atoms with E-state index in [9.17, 15) is 19.6 Å². The maximum atomic E-state index is 12.9. The zero-order valence-electron chi connectivity index (χ0n) is 21.0. The fourth-order valence-corrected chi connectivity index (χ4v) is 5.22. The van der Waals surface area contributed by atoms with E-state index in [0.29, 0.717) is 50.7 Å². The van der Waals surface area contributed by atoms with Gasteiger partial charge in [-0.2, -0.15) is 5.26 Å². The van der Waals surface area contributed by atoms with E-state index >= 15 is 0 Å². The van der Waals surface area contributed by atoms with Gasteiger partial charge in [-0.25, -0.2) is 0 Å². The summed E-state index contributed by atoms with van der Waals surface area (Å²) >= 11 is 0. The monoisotopic (exact) mass is 518 g/mol. The highest BCUT2D eigenvalue weighted by atomic mass is 16.5. The molecule has 0 spiro atoms. The highest BCUT2D eigenvalue weighted by Crippen LogP contribution is 2.33. The molecule has 10 heteroatoms. The minimum atomic E-state index is -0.660. The molecule has 2 N–H and O–H groups in total. The molecule has 10 nitrogen and oxygen atoms in total. The van der Waals surface area contributed by atoms with Crippen LogP contribution >= 0.6 is 0 Å². The van der Waals surface area contributed by atoms with E-state index in [2.05, 4.69) is 16.7 Å². The van der Waals surface area contributed by atoms with Crippen LogP contribution in [-0.2, 0) is 20.9 Å². The second kappa shape index (κ2) is 11.6. The number of fused-ring (bicyclic) bond motifs is 1. The molecule has 38 heavy (non-hydrogen) atoms. The largest absolute Gasteiger partial charge is 0.491 e. The first kappa shape index (κ1) is 25.7. The predicted molar refractivity (Wildman–Crippen MR) is 135 cm³/mol. The number of hydrogen-bond acceptors (Lipinski definition) is 8. The van der Waals surface area contributed by atoms with Crippen LogP contribution < -0.4 is 20.1 Å². The van der Waals surface area contributed by atoms with Crippen molar-refractivity contribution in [2.24, 2.45) is 5.92 Å². The van der Waals surface area contributed by atoms with Crippen molar-refractivity contribution >= 4 is 17.7 Å². The summed E-state index contributed by atoms with van der Waals surface area (Å²) in [7, 11) is 0. The summed E-state index contributed by atoms with van der Waals surface area (Å²) in [5.74, 6) is 0.490. The minimum Gasteiger partial charge on any atom is -0.491 e. The van der Waals surface area contributed by atoms with Crippen LogP contribution in [0.5, 0.6) is 11.5 Å². The Morgan fingerprint density at radius 3 is 2.63 bits per heavy atom. The topological polar surface area (TPSA) is 130 Å². The Balaban J connectivity index is 1.06. The number of rotatable bonds is 10. The number of piperidine rings is 1. The van der Waals surface area contributed by atoms with Crippen molar-refractivity contribution in [1.29, 1.82) is 5.26 Å². The van der Waals surface area contributed by atoms with E-state index < -0.39 is 11.9 Å². The molecule has 2 fully saturated rings. The number of hydrogen-bond donors (Lipinski definition) is 2. The number of nitrogens with one attached hydrogen (secondary N) is 2. The van der Waals surface area contributed by atoms with E-state index in [1.54, 1.807) is 18.2 Å². The molecule has 2 saturated heterocycles. The number of carbonyl (C=O) groups excluding carboxylic acids is 3. The molecule has 3 amide bonds. The van der Waals surface area contributed by atoms with Gasteiger partial charge in [-0.3, -0.25) is 19.7 Å². The smallest absolute Gasteiger partial charge is 0.255 e. The minimum absolute atomic E-state index is 0.0296. The Labute approximate surface area is 220 Å². The molecule has 3 heterocycles. The number of amides is 3. The van der Waals surface area contributed by atoms with Gasteiger partial charge in [0, 0.05) is 36.6 Å². The molecule has 3 aliphatic heterocycles. The lowest BCUT2D eigenvalue weighted by Crippen LogP contribution is -2.52. The van der Waals surface area contributed by atoms with E-state index in [4.69, 9.17) is 14.2 Å². The lowest BCUT2D eigenvalue weighted by Gasteiger charge is -2.29. The van der Waals surface area contributed by atoms with Crippen LogP contribution in [0.15, 0.2) is 42.5 Å². The van der Waals surface area contributed by atoms with Crippen molar-refractivity contribution < 1.29 is 28.6 Å². The first-order chi connectivity index (χ1) is 18.5. The summed E-state index contributed by atoms with van der Waals surface area (Å²) < 4.78 is 17.4. The molecule has 2 aromatic carbocycles. The van der Waals surface area contributed by atoms with Crippen molar-refractivity contribution in [3.63, 3.8) is 0 Å². The average molecular weight is 519 g/mol. The Bertz CT molecular complexity index is 1260. The zero-order chi connectivity index (χ0) is 26.5. The first-order valence-electron chi connectivity index (χ1n) is 12.9. The quantitative estimate of drug-likeness (QED) is 0.359. The van der Waals surface area contributed by atoms with Gasteiger partial charge in [-0.1, -0.05) is 18.2 Å². The van der Waals surface area contributed by atoms with Gasteiger partial charge < -0.3 is 24.4 Å². The lowest BCUT2D eigenvalue weighted by atomic mass is 9.90. The van der Waals surface area contributed by atoms with Crippen LogP contribution in [0.2, 0.25) is 0 Å². The zero-order valence-corrected chi connectivity index (χ0v) is 21.0. The van der Waals surface area contributed by atoms with Gasteiger partial charge in [0.15, 0.2) is 0 Å². The molecule has 0 aliphatic carbocycles. The van der Waals surface area contributed by atoms with Crippen LogP contribution in [0.4, 0.5) is 0 Å². The predicted octanol–water partition coefficient (Wildman–Crippen LogP) is 1.75. The summed E-state index contributed by atoms with van der Waals surface area (Å²) in [4.78, 5) is 38.2. The standard InChI is InChI=1S/C28H30N4O6/c29-14-19-15-30-16-22(19)18-3-1-4-20(13-18)37-11-9-36-10-12-38-25-6-2-5-21-23(25)17-32(28(21)35)24-7-8-26(33)31-27(24)34/h1-6,13,19,22,24,30H,7-12,15-17H2,(H,31,33,34)/t19-,22+,24?/m1/s1. The third-order valence-electron chi connectivity index (χ3n) is 7.19. The van der Waals surface area contributed by atoms with Crippen LogP contribution in [0.1, 0.15) is 40.2 Å². The van der Waals surface area contributed by atoms with Crippen molar-refractivity contribution in [3.8, 4) is 17.6 Å². The maximum absolute atomic E-state index is 12.9. The molecule has 198 valence electrons. The number of carbonyl (C=O) groups is 3. The number of imide groups is 1. The molecule has 0 bridgehead atoms. The SMILES string of the molecule is N#C[C@@H]1CNC[C@H]1c1cccc(OCCOCCOc2cccc3c2CN(C2CCC(=O)NC2=O)C3=O)c1. The molecular weight excluding hydrogens is 488 g/mol. The average Bonchev–Trinajstić information content (AvgIpc) is 3.53. The number of nitriles is 1. The van der Waals surface area contributed by atoms with Crippen LogP contribution in [0.25, 0.3) is 0 Å². The van der Waals surface area contributed by atoms with Gasteiger partial charge in [-0.15, -0.1) is 0 Å². The summed E-state index contributed by atoms with van der Waals surface area (Å²) in [6.07, 6.45) is 0.533. The molecule has 2 aromatic rings. The Morgan fingerprint density at radius 1 is 1.00 bits per heavy atom. The van der Waals surface area contributed by atoms with Gasteiger partial charge in [-0.05, 0) is 36.2 Å². The van der Waals surface area contributed by atoms with Gasteiger partial charge >= 0.3 is 0 Å². The second-order valence-corrected chi connectivity index (χ2v) is 9.56. The van der Waals surface area contributed by atoms with E-state index in [1.165, 1.54) is 4.90 Å². The molecular formula is C28H30N4O6. The van der Waals surface area contributed by atoms with Crippen molar-refractivity contribution in [1.82, 2.24) is 15.5 Å². The molecule has 5 rings (SSSR count). The van der Waals surface area contributed by atoms with E-state index in [0.717, 1.165) is 23.4 Å². The molecule has 1 unspecified atom stereocenters. The Kier molecular flexibility index (Phi) is 7.86. The number of ether oxygens (including phenoxy) is 3. The molecule has 0 radical (unpaired) electrons.